The average molecular weight is 490 g/mol. The Hall–Kier alpha value is -3.69. The molecule has 0 saturated carbocycles. The van der Waals surface area contributed by atoms with Gasteiger partial charge >= 0.3 is 0 Å². The van der Waals surface area contributed by atoms with E-state index in [9.17, 15) is 4.79 Å². The van der Waals surface area contributed by atoms with Gasteiger partial charge < -0.3 is 19.3 Å². The fourth-order valence-corrected chi connectivity index (χ4v) is 5.17. The molecule has 0 atom stereocenters. The van der Waals surface area contributed by atoms with Gasteiger partial charge in [0.05, 0.1) is 30.7 Å². The summed E-state index contributed by atoms with van der Waals surface area (Å²) in [6.07, 6.45) is 1.66. The van der Waals surface area contributed by atoms with Crippen molar-refractivity contribution in [3.05, 3.63) is 71.9 Å². The average Bonchev–Trinajstić information content (AvgIpc) is 3.32. The van der Waals surface area contributed by atoms with Gasteiger partial charge in [0.2, 0.25) is 0 Å². The molecule has 5 rings (SSSR count). The van der Waals surface area contributed by atoms with Crippen molar-refractivity contribution in [2.45, 2.75) is 6.54 Å². The van der Waals surface area contributed by atoms with E-state index in [2.05, 4.69) is 39.3 Å². The number of methoxy groups -OCH3 is 1. The Morgan fingerprint density at radius 2 is 1.97 bits per heavy atom. The Morgan fingerprint density at radius 3 is 2.74 bits per heavy atom. The van der Waals surface area contributed by atoms with Gasteiger partial charge in [-0.2, -0.15) is 0 Å². The molecule has 9 heteroatoms. The topological polar surface area (TPSA) is 79.8 Å². The van der Waals surface area contributed by atoms with E-state index < -0.39 is 0 Å². The predicted octanol–water partition coefficient (Wildman–Crippen LogP) is 4.43. The van der Waals surface area contributed by atoms with Crippen LogP contribution in [-0.2, 0) is 11.3 Å². The van der Waals surface area contributed by atoms with Crippen LogP contribution in [0.3, 0.4) is 0 Å². The number of pyridine rings is 1. The molecule has 3 heterocycles. The smallest absolute Gasteiger partial charge is 0.257 e. The molecule has 1 N–H and O–H groups in total. The van der Waals surface area contributed by atoms with Crippen molar-refractivity contribution in [3.63, 3.8) is 0 Å². The lowest BCUT2D eigenvalue weighted by atomic mass is 10.2. The highest BCUT2D eigenvalue weighted by atomic mass is 32.1. The van der Waals surface area contributed by atoms with Gasteiger partial charge in [-0.1, -0.05) is 41.7 Å². The van der Waals surface area contributed by atoms with Crippen LogP contribution in [0.2, 0.25) is 0 Å². The zero-order chi connectivity index (χ0) is 24.2. The number of morpholine rings is 1. The number of benzene rings is 2. The third-order valence-corrected chi connectivity index (χ3v) is 6.94. The molecule has 1 fully saturated rings. The number of carbonyl (C=O) groups excluding carboxylic acids is 1. The summed E-state index contributed by atoms with van der Waals surface area (Å²) in [6, 6.07) is 17.8. The molecule has 180 valence electrons. The Bertz CT molecular complexity index is 1320. The number of anilines is 3. The first kappa shape index (κ1) is 23.1. The third kappa shape index (κ3) is 5.06. The number of carbonyl (C=O) groups is 1. The predicted molar refractivity (Wildman–Crippen MR) is 140 cm³/mol. The number of nitrogens with zero attached hydrogens (tertiary/aromatic N) is 4. The molecule has 0 radical (unpaired) electrons. The van der Waals surface area contributed by atoms with E-state index >= 15 is 0 Å². The second kappa shape index (κ2) is 10.3. The van der Waals surface area contributed by atoms with E-state index in [-0.39, 0.29) is 5.91 Å². The van der Waals surface area contributed by atoms with Gasteiger partial charge in [0.1, 0.15) is 17.1 Å². The van der Waals surface area contributed by atoms with Gasteiger partial charge in [-0.25, -0.2) is 9.97 Å². The molecule has 8 nitrogen and oxygen atoms in total. The van der Waals surface area contributed by atoms with Crippen molar-refractivity contribution in [2.75, 3.05) is 55.6 Å². The normalized spacial score (nSPS) is 13.6. The molecule has 2 aromatic heterocycles. The minimum absolute atomic E-state index is 0.223. The molecule has 0 bridgehead atoms. The number of rotatable bonds is 7. The highest BCUT2D eigenvalue weighted by molar-refractivity contribution is 7.23. The van der Waals surface area contributed by atoms with Gasteiger partial charge in [0, 0.05) is 38.4 Å². The molecule has 0 unspecified atom stereocenters. The molecular weight excluding hydrogens is 462 g/mol. The molecule has 1 amide bonds. The Kier molecular flexibility index (Phi) is 6.78. The lowest BCUT2D eigenvalue weighted by molar-refractivity contribution is 0.102. The highest BCUT2D eigenvalue weighted by Crippen LogP contribution is 2.39. The Balaban J connectivity index is 1.40. The zero-order valence-electron chi connectivity index (χ0n) is 19.7. The number of ether oxygens (including phenoxy) is 2. The van der Waals surface area contributed by atoms with Crippen LogP contribution in [-0.4, -0.2) is 56.3 Å². The van der Waals surface area contributed by atoms with Crippen LogP contribution in [0.1, 0.15) is 15.9 Å². The molecular formula is C26H27N5O3S. The van der Waals surface area contributed by atoms with Gasteiger partial charge in [0.15, 0.2) is 5.13 Å². The van der Waals surface area contributed by atoms with Gasteiger partial charge in [-0.15, -0.1) is 0 Å². The van der Waals surface area contributed by atoms with E-state index in [1.807, 2.05) is 36.4 Å². The standard InChI is InChI=1S/C26H27N5O3S/c1-30(17-18-6-4-3-5-7-18)20-8-9-21(33-2)23-24(20)35-26(28-23)29-25(32)19-10-11-27-22(16-19)31-12-14-34-15-13-31/h3-11,16H,12-15,17H2,1-2H3,(H,28,29,32). The van der Waals surface area contributed by atoms with Gasteiger partial charge in [-0.3, -0.25) is 10.1 Å². The first-order valence-electron chi connectivity index (χ1n) is 11.4. The van der Waals surface area contributed by atoms with Crippen molar-refractivity contribution >= 4 is 44.1 Å². The molecule has 0 spiro atoms. The second-order valence-electron chi connectivity index (χ2n) is 8.28. The summed E-state index contributed by atoms with van der Waals surface area (Å²) in [5, 5.41) is 3.49. The zero-order valence-corrected chi connectivity index (χ0v) is 20.5. The van der Waals surface area contributed by atoms with Crippen LogP contribution in [0.25, 0.3) is 10.2 Å². The monoisotopic (exact) mass is 489 g/mol. The molecule has 2 aromatic carbocycles. The summed E-state index contributed by atoms with van der Waals surface area (Å²) in [7, 11) is 3.68. The van der Waals surface area contributed by atoms with Crippen LogP contribution >= 0.6 is 11.3 Å². The third-order valence-electron chi connectivity index (χ3n) is 5.94. The molecule has 35 heavy (non-hydrogen) atoms. The maximum Gasteiger partial charge on any atom is 0.257 e. The summed E-state index contributed by atoms with van der Waals surface area (Å²) in [6.45, 7) is 3.59. The van der Waals surface area contributed by atoms with E-state index in [4.69, 9.17) is 14.5 Å². The van der Waals surface area contributed by atoms with Crippen molar-refractivity contribution < 1.29 is 14.3 Å². The SMILES string of the molecule is COc1ccc(N(C)Cc2ccccc2)c2sc(NC(=O)c3ccnc(N4CCOCC4)c3)nc12. The maximum absolute atomic E-state index is 13.1. The van der Waals surface area contributed by atoms with Crippen molar-refractivity contribution in [3.8, 4) is 5.75 Å². The van der Waals surface area contributed by atoms with Crippen LogP contribution < -0.4 is 19.9 Å². The second-order valence-corrected chi connectivity index (χ2v) is 9.28. The number of aromatic nitrogens is 2. The maximum atomic E-state index is 13.1. The number of hydrogen-bond donors (Lipinski definition) is 1. The Labute approximate surface area is 208 Å². The van der Waals surface area contributed by atoms with Crippen LogP contribution in [0.4, 0.5) is 16.6 Å². The summed E-state index contributed by atoms with van der Waals surface area (Å²) >= 11 is 1.44. The van der Waals surface area contributed by atoms with Gasteiger partial charge in [-0.05, 0) is 29.8 Å². The summed E-state index contributed by atoms with van der Waals surface area (Å²) in [4.78, 5) is 26.5. The van der Waals surface area contributed by atoms with E-state index in [1.165, 1.54) is 16.9 Å². The minimum Gasteiger partial charge on any atom is -0.494 e. The first-order valence-corrected chi connectivity index (χ1v) is 12.3. The number of hydrogen-bond acceptors (Lipinski definition) is 8. The van der Waals surface area contributed by atoms with Gasteiger partial charge in [0.25, 0.3) is 5.91 Å². The van der Waals surface area contributed by atoms with E-state index in [0.717, 1.165) is 41.4 Å². The number of amides is 1. The van der Waals surface area contributed by atoms with Crippen molar-refractivity contribution in [2.24, 2.45) is 0 Å². The lowest BCUT2D eigenvalue weighted by Gasteiger charge is -2.27. The summed E-state index contributed by atoms with van der Waals surface area (Å²) in [5.41, 5.74) is 3.51. The molecule has 4 aromatic rings. The van der Waals surface area contributed by atoms with Crippen LogP contribution in [0.15, 0.2) is 60.8 Å². The molecule has 1 aliphatic heterocycles. The quantitative estimate of drug-likeness (QED) is 0.412. The highest BCUT2D eigenvalue weighted by Gasteiger charge is 2.19. The first-order chi connectivity index (χ1) is 17.1. The fourth-order valence-electron chi connectivity index (χ4n) is 4.13. The largest absolute Gasteiger partial charge is 0.494 e. The molecule has 1 saturated heterocycles. The number of nitrogens with one attached hydrogen (secondary N) is 1. The molecule has 0 aliphatic carbocycles. The molecule has 1 aliphatic rings. The number of fused-ring (bicyclic) bond motifs is 1. The summed E-state index contributed by atoms with van der Waals surface area (Å²) < 4.78 is 11.9. The van der Waals surface area contributed by atoms with Crippen molar-refractivity contribution in [1.29, 1.82) is 0 Å². The van der Waals surface area contributed by atoms with E-state index in [1.54, 1.807) is 19.4 Å². The van der Waals surface area contributed by atoms with Crippen molar-refractivity contribution in [1.82, 2.24) is 9.97 Å². The Morgan fingerprint density at radius 1 is 1.17 bits per heavy atom. The van der Waals surface area contributed by atoms with Crippen LogP contribution in [0.5, 0.6) is 5.75 Å². The summed E-state index contributed by atoms with van der Waals surface area (Å²) in [5.74, 6) is 1.22. The lowest BCUT2D eigenvalue weighted by Crippen LogP contribution is -2.36. The van der Waals surface area contributed by atoms with E-state index in [0.29, 0.717) is 29.7 Å². The fraction of sp³-hybridized carbons (Fsp3) is 0.269. The number of thiazole rings is 1. The van der Waals surface area contributed by atoms with Crippen LogP contribution in [0, 0.1) is 0 Å². The minimum atomic E-state index is -0.223.